The molecule has 28 heavy (non-hydrogen) atoms. The number of rotatable bonds is 9. The predicted octanol–water partition coefficient (Wildman–Crippen LogP) is 3.73. The maximum atomic E-state index is 11.4. The van der Waals surface area contributed by atoms with Crippen LogP contribution < -0.4 is 5.14 Å². The van der Waals surface area contributed by atoms with Crippen molar-refractivity contribution in [1.82, 2.24) is 14.5 Å². The van der Waals surface area contributed by atoms with Gasteiger partial charge in [0.2, 0.25) is 10.0 Å². The van der Waals surface area contributed by atoms with E-state index in [2.05, 4.69) is 25.5 Å². The molecule has 152 valence electrons. The van der Waals surface area contributed by atoms with Gasteiger partial charge in [0.1, 0.15) is 17.9 Å². The van der Waals surface area contributed by atoms with Crippen LogP contribution in [0.2, 0.25) is 0 Å². The highest BCUT2D eigenvalue weighted by Gasteiger charge is 2.17. The summed E-state index contributed by atoms with van der Waals surface area (Å²) in [5.74, 6) is 0.855. The van der Waals surface area contributed by atoms with Crippen molar-refractivity contribution in [2.45, 2.75) is 51.5 Å². The number of hydrogen-bond donors (Lipinski definition) is 1. The maximum absolute atomic E-state index is 11.4. The van der Waals surface area contributed by atoms with E-state index in [9.17, 15) is 8.42 Å². The number of aryl methyl sites for hydroxylation is 1. The molecule has 1 unspecified atom stereocenters. The third-order valence-corrected chi connectivity index (χ3v) is 6.70. The molecule has 2 N–H and O–H groups in total. The zero-order chi connectivity index (χ0) is 20.3. The van der Waals surface area contributed by atoms with Crippen LogP contribution in [0.25, 0.3) is 21.9 Å². The number of halogens is 1. The molecule has 0 aliphatic heterocycles. The van der Waals surface area contributed by atoms with Gasteiger partial charge in [0.05, 0.1) is 22.5 Å². The van der Waals surface area contributed by atoms with Gasteiger partial charge in [0, 0.05) is 23.0 Å². The Kier molecular flexibility index (Phi) is 6.69. The SMILES string of the molecule is CCOCc1nc2cnc3cc(Br)ccc3c2n1CCCCC(C)S(N)(=O)=O. The Balaban J connectivity index is 1.91. The molecule has 0 radical (unpaired) electrons. The second kappa shape index (κ2) is 8.86. The number of aromatic nitrogens is 3. The first-order valence-corrected chi connectivity index (χ1v) is 11.7. The van der Waals surface area contributed by atoms with Crippen molar-refractivity contribution in [3.63, 3.8) is 0 Å². The number of primary sulfonamides is 1. The van der Waals surface area contributed by atoms with Gasteiger partial charge in [0.15, 0.2) is 0 Å². The van der Waals surface area contributed by atoms with Crippen LogP contribution >= 0.6 is 15.9 Å². The standard InChI is InChI=1S/C19H25BrN4O3S/c1-3-27-12-18-23-17-11-22-16-10-14(20)7-8-15(16)19(17)24(18)9-5-4-6-13(2)28(21,25)26/h7-8,10-11,13H,3-6,9,12H2,1-2H3,(H2,21,25,26). The second-order valence-corrected chi connectivity index (χ2v) is 9.76. The third-order valence-electron chi connectivity index (χ3n) is 4.85. The number of benzene rings is 1. The third kappa shape index (κ3) is 4.71. The fraction of sp³-hybridized carbons (Fsp3) is 0.474. The van der Waals surface area contributed by atoms with Crippen LogP contribution in [0.3, 0.4) is 0 Å². The van der Waals surface area contributed by atoms with E-state index in [-0.39, 0.29) is 0 Å². The molecule has 3 aromatic rings. The molecule has 1 aromatic carbocycles. The average Bonchev–Trinajstić information content (AvgIpc) is 3.00. The fourth-order valence-corrected chi connectivity index (χ4v) is 4.09. The Hall–Kier alpha value is -1.55. The van der Waals surface area contributed by atoms with Gasteiger partial charge in [-0.1, -0.05) is 22.4 Å². The first-order valence-electron chi connectivity index (χ1n) is 9.34. The molecule has 2 heterocycles. The summed E-state index contributed by atoms with van der Waals surface area (Å²) < 4.78 is 31.6. The zero-order valence-corrected chi connectivity index (χ0v) is 18.5. The number of nitrogens with zero attached hydrogens (tertiary/aromatic N) is 3. The van der Waals surface area contributed by atoms with Crippen LogP contribution in [0.1, 0.15) is 38.9 Å². The Morgan fingerprint density at radius 1 is 1.29 bits per heavy atom. The van der Waals surface area contributed by atoms with Crippen LogP contribution in [0.5, 0.6) is 0 Å². The van der Waals surface area contributed by atoms with E-state index in [0.29, 0.717) is 19.6 Å². The number of hydrogen-bond acceptors (Lipinski definition) is 5. The van der Waals surface area contributed by atoms with E-state index in [1.165, 1.54) is 0 Å². The normalized spacial score (nSPS) is 13.4. The van der Waals surface area contributed by atoms with Gasteiger partial charge in [0.25, 0.3) is 0 Å². The van der Waals surface area contributed by atoms with Crippen molar-refractivity contribution in [3.8, 4) is 0 Å². The van der Waals surface area contributed by atoms with E-state index >= 15 is 0 Å². The molecule has 0 aliphatic carbocycles. The lowest BCUT2D eigenvalue weighted by Gasteiger charge is -2.12. The first-order chi connectivity index (χ1) is 13.3. The molecule has 1 atom stereocenters. The number of sulfonamides is 1. The fourth-order valence-electron chi connectivity index (χ4n) is 3.25. The van der Waals surface area contributed by atoms with E-state index in [4.69, 9.17) is 14.9 Å². The highest BCUT2D eigenvalue weighted by molar-refractivity contribution is 9.10. The summed E-state index contributed by atoms with van der Waals surface area (Å²) in [7, 11) is -3.48. The lowest BCUT2D eigenvalue weighted by molar-refractivity contribution is 0.126. The minimum Gasteiger partial charge on any atom is -0.374 e. The summed E-state index contributed by atoms with van der Waals surface area (Å²) in [4.78, 5) is 9.25. The van der Waals surface area contributed by atoms with Gasteiger partial charge in [-0.2, -0.15) is 0 Å². The lowest BCUT2D eigenvalue weighted by Crippen LogP contribution is -2.25. The monoisotopic (exact) mass is 468 g/mol. The van der Waals surface area contributed by atoms with Crippen molar-refractivity contribution in [3.05, 3.63) is 34.7 Å². The second-order valence-electron chi connectivity index (χ2n) is 6.87. The smallest absolute Gasteiger partial charge is 0.211 e. The number of pyridine rings is 1. The van der Waals surface area contributed by atoms with Crippen LogP contribution in [0.15, 0.2) is 28.9 Å². The molecule has 0 fully saturated rings. The van der Waals surface area contributed by atoms with Gasteiger partial charge in [-0.25, -0.2) is 18.5 Å². The lowest BCUT2D eigenvalue weighted by atomic mass is 10.1. The number of unbranched alkanes of at least 4 members (excludes halogenated alkanes) is 1. The average molecular weight is 469 g/mol. The summed E-state index contributed by atoms with van der Waals surface area (Å²) in [6, 6.07) is 6.03. The van der Waals surface area contributed by atoms with Crippen LogP contribution in [0.4, 0.5) is 0 Å². The molecule has 0 saturated carbocycles. The van der Waals surface area contributed by atoms with Crippen molar-refractivity contribution in [1.29, 1.82) is 0 Å². The minimum absolute atomic E-state index is 0.427. The number of fused-ring (bicyclic) bond motifs is 3. The van der Waals surface area contributed by atoms with Gasteiger partial charge in [-0.15, -0.1) is 0 Å². The van der Waals surface area contributed by atoms with Gasteiger partial charge in [-0.05, 0) is 44.9 Å². The van der Waals surface area contributed by atoms with Gasteiger partial charge < -0.3 is 9.30 Å². The largest absolute Gasteiger partial charge is 0.374 e. The zero-order valence-electron chi connectivity index (χ0n) is 16.1. The maximum Gasteiger partial charge on any atom is 0.211 e. The Morgan fingerprint density at radius 3 is 2.79 bits per heavy atom. The van der Waals surface area contributed by atoms with Crippen molar-refractivity contribution < 1.29 is 13.2 Å². The van der Waals surface area contributed by atoms with Crippen LogP contribution in [-0.4, -0.2) is 34.8 Å². The number of nitrogens with two attached hydrogens (primary N) is 1. The Labute approximate surface area is 173 Å². The first kappa shape index (κ1) is 21.2. The number of ether oxygens (including phenoxy) is 1. The molecule has 0 spiro atoms. The topological polar surface area (TPSA) is 100 Å². The molecular formula is C19H25BrN4O3S. The van der Waals surface area contributed by atoms with Crippen molar-refractivity contribution >= 4 is 47.9 Å². The summed E-state index contributed by atoms with van der Waals surface area (Å²) in [6.07, 6.45) is 3.92. The highest BCUT2D eigenvalue weighted by Crippen LogP contribution is 2.28. The van der Waals surface area contributed by atoms with E-state index in [1.807, 2.05) is 25.1 Å². The highest BCUT2D eigenvalue weighted by atomic mass is 79.9. The molecule has 2 aromatic heterocycles. The van der Waals surface area contributed by atoms with Gasteiger partial charge in [-0.3, -0.25) is 4.98 Å². The molecule has 0 amide bonds. The number of imidazole rings is 1. The van der Waals surface area contributed by atoms with E-state index in [1.54, 1.807) is 13.1 Å². The van der Waals surface area contributed by atoms with Crippen LogP contribution in [-0.2, 0) is 27.9 Å². The molecule has 0 saturated heterocycles. The molecule has 7 nitrogen and oxygen atoms in total. The van der Waals surface area contributed by atoms with E-state index < -0.39 is 15.3 Å². The molecule has 3 rings (SSSR count). The minimum atomic E-state index is -3.48. The molecule has 0 bridgehead atoms. The van der Waals surface area contributed by atoms with Gasteiger partial charge >= 0.3 is 0 Å². The van der Waals surface area contributed by atoms with E-state index in [0.717, 1.165) is 51.6 Å². The van der Waals surface area contributed by atoms with Crippen molar-refractivity contribution in [2.75, 3.05) is 6.61 Å². The summed E-state index contributed by atoms with van der Waals surface area (Å²) in [5.41, 5.74) is 2.77. The van der Waals surface area contributed by atoms with Crippen LogP contribution in [0, 0.1) is 0 Å². The predicted molar refractivity (Wildman–Crippen MR) is 114 cm³/mol. The summed E-state index contributed by atoms with van der Waals surface area (Å²) >= 11 is 3.49. The molecule has 9 heteroatoms. The Bertz CT molecular complexity index is 1080. The Morgan fingerprint density at radius 2 is 2.07 bits per heavy atom. The molecule has 0 aliphatic rings. The quantitative estimate of drug-likeness (QED) is 0.482. The molecular weight excluding hydrogens is 444 g/mol. The summed E-state index contributed by atoms with van der Waals surface area (Å²) in [6.45, 7) is 5.37. The van der Waals surface area contributed by atoms with Crippen molar-refractivity contribution in [2.24, 2.45) is 5.14 Å². The summed E-state index contributed by atoms with van der Waals surface area (Å²) in [5, 5.41) is 5.72.